The SMILES string of the molecule is COC(=O)C(C)CN(C)Cc1cc(=O)n2ccccc2n1. The smallest absolute Gasteiger partial charge is 0.309 e. The summed E-state index contributed by atoms with van der Waals surface area (Å²) in [5.74, 6) is -0.463. The Labute approximate surface area is 123 Å². The molecule has 0 bridgehead atoms. The number of hydrogen-bond acceptors (Lipinski definition) is 5. The van der Waals surface area contributed by atoms with Crippen molar-refractivity contribution in [2.45, 2.75) is 13.5 Å². The Morgan fingerprint density at radius 2 is 2.24 bits per heavy atom. The molecule has 0 aliphatic rings. The fourth-order valence-electron chi connectivity index (χ4n) is 2.27. The lowest BCUT2D eigenvalue weighted by atomic mass is 10.1. The molecule has 2 heterocycles. The van der Waals surface area contributed by atoms with Crippen LogP contribution in [-0.2, 0) is 16.1 Å². The van der Waals surface area contributed by atoms with Crippen molar-refractivity contribution in [3.05, 3.63) is 46.5 Å². The maximum Gasteiger partial charge on any atom is 0.309 e. The van der Waals surface area contributed by atoms with Crippen molar-refractivity contribution in [2.75, 3.05) is 20.7 Å². The fourth-order valence-corrected chi connectivity index (χ4v) is 2.27. The Morgan fingerprint density at radius 1 is 1.48 bits per heavy atom. The fraction of sp³-hybridized carbons (Fsp3) is 0.400. The minimum atomic E-state index is -0.242. The van der Waals surface area contributed by atoms with E-state index in [0.717, 1.165) is 0 Å². The van der Waals surface area contributed by atoms with Crippen molar-refractivity contribution in [3.63, 3.8) is 0 Å². The van der Waals surface area contributed by atoms with Gasteiger partial charge in [-0.1, -0.05) is 13.0 Å². The van der Waals surface area contributed by atoms with E-state index in [4.69, 9.17) is 4.74 Å². The van der Waals surface area contributed by atoms with Gasteiger partial charge in [0.05, 0.1) is 18.7 Å². The van der Waals surface area contributed by atoms with E-state index in [0.29, 0.717) is 24.4 Å². The van der Waals surface area contributed by atoms with Gasteiger partial charge in [0.25, 0.3) is 5.56 Å². The molecule has 1 unspecified atom stereocenters. The molecule has 0 aromatic carbocycles. The maximum absolute atomic E-state index is 12.0. The topological polar surface area (TPSA) is 63.9 Å². The standard InChI is InChI=1S/C15H19N3O3/c1-11(15(20)21-3)9-17(2)10-12-8-14(19)18-7-5-4-6-13(18)16-12/h4-8,11H,9-10H2,1-3H3. The van der Waals surface area contributed by atoms with Crippen molar-refractivity contribution in [1.82, 2.24) is 14.3 Å². The predicted molar refractivity (Wildman–Crippen MR) is 79.0 cm³/mol. The third kappa shape index (κ3) is 3.66. The molecule has 2 aromatic heterocycles. The van der Waals surface area contributed by atoms with E-state index >= 15 is 0 Å². The Balaban J connectivity index is 2.13. The van der Waals surface area contributed by atoms with Crippen molar-refractivity contribution < 1.29 is 9.53 Å². The number of nitrogens with zero attached hydrogens (tertiary/aromatic N) is 3. The minimum Gasteiger partial charge on any atom is -0.469 e. The molecule has 0 aliphatic heterocycles. The highest BCUT2D eigenvalue weighted by atomic mass is 16.5. The molecule has 6 nitrogen and oxygen atoms in total. The first-order valence-corrected chi connectivity index (χ1v) is 6.75. The van der Waals surface area contributed by atoms with Gasteiger partial charge in [0.2, 0.25) is 0 Å². The van der Waals surface area contributed by atoms with Gasteiger partial charge in [-0.15, -0.1) is 0 Å². The van der Waals surface area contributed by atoms with Crippen molar-refractivity contribution in [1.29, 1.82) is 0 Å². The molecule has 2 aromatic rings. The Morgan fingerprint density at radius 3 is 2.95 bits per heavy atom. The third-order valence-corrected chi connectivity index (χ3v) is 3.25. The highest BCUT2D eigenvalue weighted by molar-refractivity contribution is 5.72. The van der Waals surface area contributed by atoms with Crippen LogP contribution in [0.4, 0.5) is 0 Å². The lowest BCUT2D eigenvalue weighted by molar-refractivity contribution is -0.145. The quantitative estimate of drug-likeness (QED) is 0.766. The van der Waals surface area contributed by atoms with Gasteiger partial charge in [0.15, 0.2) is 0 Å². The van der Waals surface area contributed by atoms with Crippen LogP contribution in [-0.4, -0.2) is 41.0 Å². The molecule has 21 heavy (non-hydrogen) atoms. The second-order valence-electron chi connectivity index (χ2n) is 5.14. The zero-order valence-electron chi connectivity index (χ0n) is 12.4. The average molecular weight is 289 g/mol. The first kappa shape index (κ1) is 15.2. The van der Waals surface area contributed by atoms with Crippen LogP contribution in [0.5, 0.6) is 0 Å². The number of methoxy groups -OCH3 is 1. The summed E-state index contributed by atoms with van der Waals surface area (Å²) in [5, 5.41) is 0. The highest BCUT2D eigenvalue weighted by Gasteiger charge is 2.16. The van der Waals surface area contributed by atoms with E-state index in [2.05, 4.69) is 4.98 Å². The molecule has 0 spiro atoms. The summed E-state index contributed by atoms with van der Waals surface area (Å²) < 4.78 is 6.21. The molecule has 0 radical (unpaired) electrons. The number of esters is 1. The van der Waals surface area contributed by atoms with Gasteiger partial charge in [-0.3, -0.25) is 18.9 Å². The first-order valence-electron chi connectivity index (χ1n) is 6.75. The van der Waals surface area contributed by atoms with Crippen LogP contribution < -0.4 is 5.56 Å². The Hall–Kier alpha value is -2.21. The lowest BCUT2D eigenvalue weighted by Gasteiger charge is -2.19. The third-order valence-electron chi connectivity index (χ3n) is 3.25. The molecule has 0 aliphatic carbocycles. The molecule has 0 saturated carbocycles. The predicted octanol–water partition coefficient (Wildman–Crippen LogP) is 0.935. The van der Waals surface area contributed by atoms with Crippen LogP contribution in [0.3, 0.4) is 0 Å². The number of hydrogen-bond donors (Lipinski definition) is 0. The number of carbonyl (C=O) groups is 1. The Kier molecular flexibility index (Phi) is 4.70. The van der Waals surface area contributed by atoms with Gasteiger partial charge in [-0.05, 0) is 19.2 Å². The number of aromatic nitrogens is 2. The van der Waals surface area contributed by atoms with Crippen LogP contribution in [0.1, 0.15) is 12.6 Å². The van der Waals surface area contributed by atoms with Gasteiger partial charge in [-0.25, -0.2) is 4.98 Å². The van der Waals surface area contributed by atoms with E-state index in [9.17, 15) is 9.59 Å². The second kappa shape index (κ2) is 6.49. The molecule has 0 fully saturated rings. The monoisotopic (exact) mass is 289 g/mol. The summed E-state index contributed by atoms with van der Waals surface area (Å²) in [4.78, 5) is 29.8. The molecule has 0 amide bonds. The van der Waals surface area contributed by atoms with Crippen molar-refractivity contribution in [2.24, 2.45) is 5.92 Å². The van der Waals surface area contributed by atoms with Gasteiger partial charge in [0.1, 0.15) is 5.65 Å². The number of ether oxygens (including phenoxy) is 1. The van der Waals surface area contributed by atoms with E-state index in [-0.39, 0.29) is 17.4 Å². The summed E-state index contributed by atoms with van der Waals surface area (Å²) in [6.45, 7) is 2.86. The number of pyridine rings is 1. The Bertz CT molecular complexity index is 696. The molecule has 112 valence electrons. The van der Waals surface area contributed by atoms with Gasteiger partial charge < -0.3 is 4.74 Å². The largest absolute Gasteiger partial charge is 0.469 e. The van der Waals surface area contributed by atoms with E-state index in [1.165, 1.54) is 17.6 Å². The normalized spacial score (nSPS) is 12.6. The zero-order chi connectivity index (χ0) is 15.4. The summed E-state index contributed by atoms with van der Waals surface area (Å²) in [6, 6.07) is 6.95. The zero-order valence-corrected chi connectivity index (χ0v) is 12.4. The molecule has 1 atom stereocenters. The van der Waals surface area contributed by atoms with Gasteiger partial charge in [0, 0.05) is 25.4 Å². The number of carbonyl (C=O) groups excluding carboxylic acids is 1. The van der Waals surface area contributed by atoms with Crippen LogP contribution in [0.2, 0.25) is 0 Å². The highest BCUT2D eigenvalue weighted by Crippen LogP contribution is 2.05. The molecular weight excluding hydrogens is 270 g/mol. The van der Waals surface area contributed by atoms with Crippen LogP contribution in [0.15, 0.2) is 35.3 Å². The minimum absolute atomic E-state index is 0.106. The van der Waals surface area contributed by atoms with Crippen molar-refractivity contribution in [3.8, 4) is 0 Å². The lowest BCUT2D eigenvalue weighted by Crippen LogP contribution is -2.30. The molecule has 2 rings (SSSR count). The molecule has 0 N–H and O–H groups in total. The molecule has 0 saturated heterocycles. The van der Waals surface area contributed by atoms with Crippen LogP contribution in [0.25, 0.3) is 5.65 Å². The number of rotatable bonds is 5. The molecular formula is C15H19N3O3. The second-order valence-corrected chi connectivity index (χ2v) is 5.14. The van der Waals surface area contributed by atoms with E-state index in [1.807, 2.05) is 24.9 Å². The van der Waals surface area contributed by atoms with Gasteiger partial charge >= 0.3 is 5.97 Å². The first-order chi connectivity index (χ1) is 10.0. The van der Waals surface area contributed by atoms with Crippen LogP contribution >= 0.6 is 0 Å². The van der Waals surface area contributed by atoms with E-state index < -0.39 is 0 Å². The summed E-state index contributed by atoms with van der Waals surface area (Å²) in [7, 11) is 3.26. The summed E-state index contributed by atoms with van der Waals surface area (Å²) in [6.07, 6.45) is 1.69. The summed E-state index contributed by atoms with van der Waals surface area (Å²) >= 11 is 0. The van der Waals surface area contributed by atoms with Crippen LogP contribution in [0, 0.1) is 5.92 Å². The average Bonchev–Trinajstić information content (AvgIpc) is 2.46. The molecule has 6 heteroatoms. The summed E-state index contributed by atoms with van der Waals surface area (Å²) in [5.41, 5.74) is 1.20. The maximum atomic E-state index is 12.0. The van der Waals surface area contributed by atoms with Gasteiger partial charge in [-0.2, -0.15) is 0 Å². The number of fused-ring (bicyclic) bond motifs is 1. The van der Waals surface area contributed by atoms with Crippen molar-refractivity contribution >= 4 is 11.6 Å². The van der Waals surface area contributed by atoms with E-state index in [1.54, 1.807) is 18.3 Å².